The molecular weight excluding hydrogens is 140 g/mol. The van der Waals surface area contributed by atoms with Crippen LogP contribution in [0.15, 0.2) is 0 Å². The van der Waals surface area contributed by atoms with E-state index in [4.69, 9.17) is 4.74 Å². The fourth-order valence-electron chi connectivity index (χ4n) is 1.03. The lowest BCUT2D eigenvalue weighted by atomic mass is 9.86. The zero-order valence-electron chi connectivity index (χ0n) is 7.89. The Morgan fingerprint density at radius 1 is 1.36 bits per heavy atom. The molecule has 1 rings (SSSR count). The fourth-order valence-corrected chi connectivity index (χ4v) is 1.03. The average Bonchev–Trinajstić information content (AvgIpc) is 2.36. The Bertz CT molecular complexity index is 186. The minimum Gasteiger partial charge on any atom is -0.358 e. The third-order valence-corrected chi connectivity index (χ3v) is 1.97. The van der Waals surface area contributed by atoms with Crippen LogP contribution in [0.3, 0.4) is 0 Å². The van der Waals surface area contributed by atoms with Gasteiger partial charge in [-0.2, -0.15) is 0 Å². The number of hydrogen-bond acceptors (Lipinski definition) is 2. The molecule has 1 atom stereocenters. The van der Waals surface area contributed by atoms with Crippen LogP contribution in [0.1, 0.15) is 34.6 Å². The number of carbonyl (C=O) groups excluding carboxylic acids is 1. The van der Waals surface area contributed by atoms with Crippen LogP contribution in [0.5, 0.6) is 0 Å². The van der Waals surface area contributed by atoms with Gasteiger partial charge in [0.25, 0.3) is 0 Å². The van der Waals surface area contributed by atoms with Gasteiger partial charge in [0.15, 0.2) is 5.78 Å². The van der Waals surface area contributed by atoms with E-state index in [1.165, 1.54) is 0 Å². The summed E-state index contributed by atoms with van der Waals surface area (Å²) >= 11 is 0. The van der Waals surface area contributed by atoms with Gasteiger partial charge < -0.3 is 4.74 Å². The summed E-state index contributed by atoms with van der Waals surface area (Å²) in [5.74, 6) is 0.211. The second kappa shape index (κ2) is 2.07. The molecule has 64 valence electrons. The molecule has 0 aliphatic carbocycles. The van der Waals surface area contributed by atoms with E-state index in [9.17, 15) is 4.79 Å². The number of Topliss-reactive ketones (excluding diaryl/α,β-unsaturated/α-hetero) is 1. The Morgan fingerprint density at radius 3 is 1.82 bits per heavy atom. The van der Waals surface area contributed by atoms with E-state index in [2.05, 4.69) is 0 Å². The number of ketones is 1. The molecule has 11 heavy (non-hydrogen) atoms. The van der Waals surface area contributed by atoms with Crippen molar-refractivity contribution in [2.45, 2.75) is 46.3 Å². The molecule has 0 saturated carbocycles. The Labute approximate surface area is 67.9 Å². The molecule has 1 saturated heterocycles. The van der Waals surface area contributed by atoms with E-state index >= 15 is 0 Å². The van der Waals surface area contributed by atoms with Crippen LogP contribution in [-0.2, 0) is 9.53 Å². The molecule has 0 aromatic carbocycles. The van der Waals surface area contributed by atoms with Gasteiger partial charge >= 0.3 is 0 Å². The second-order valence-corrected chi connectivity index (χ2v) is 4.72. The van der Waals surface area contributed by atoms with Gasteiger partial charge in [-0.3, -0.25) is 4.79 Å². The first-order valence-electron chi connectivity index (χ1n) is 3.97. The van der Waals surface area contributed by atoms with Gasteiger partial charge in [-0.05, 0) is 13.8 Å². The monoisotopic (exact) mass is 156 g/mol. The summed E-state index contributed by atoms with van der Waals surface area (Å²) in [6.45, 7) is 9.66. The summed E-state index contributed by atoms with van der Waals surface area (Å²) in [5, 5.41) is 0. The number of ether oxygens (including phenoxy) is 1. The van der Waals surface area contributed by atoms with E-state index in [0.717, 1.165) is 0 Å². The van der Waals surface area contributed by atoms with Crippen LogP contribution in [0, 0.1) is 5.41 Å². The zero-order chi connectivity index (χ0) is 8.86. The highest BCUT2D eigenvalue weighted by molar-refractivity contribution is 5.91. The number of epoxide rings is 1. The predicted octanol–water partition coefficient (Wildman–Crippen LogP) is 1.78. The maximum Gasteiger partial charge on any atom is 0.169 e. The van der Waals surface area contributed by atoms with Gasteiger partial charge in [0, 0.05) is 5.41 Å². The lowest BCUT2D eigenvalue weighted by molar-refractivity contribution is -0.127. The molecule has 1 aliphatic heterocycles. The van der Waals surface area contributed by atoms with Crippen molar-refractivity contribution in [3.05, 3.63) is 0 Å². The molecule has 1 unspecified atom stereocenters. The molecule has 0 aromatic heterocycles. The summed E-state index contributed by atoms with van der Waals surface area (Å²) in [4.78, 5) is 11.5. The Balaban J connectivity index is 2.60. The van der Waals surface area contributed by atoms with Crippen molar-refractivity contribution >= 4 is 5.78 Å². The predicted molar refractivity (Wildman–Crippen MR) is 43.4 cm³/mol. The van der Waals surface area contributed by atoms with Crippen molar-refractivity contribution < 1.29 is 9.53 Å². The van der Waals surface area contributed by atoms with Crippen LogP contribution >= 0.6 is 0 Å². The lowest BCUT2D eigenvalue weighted by Gasteiger charge is -2.14. The van der Waals surface area contributed by atoms with E-state index in [1.54, 1.807) is 0 Å². The summed E-state index contributed by atoms with van der Waals surface area (Å²) in [6.07, 6.45) is -0.164. The van der Waals surface area contributed by atoms with Crippen LogP contribution in [-0.4, -0.2) is 17.5 Å². The topological polar surface area (TPSA) is 29.6 Å². The van der Waals surface area contributed by atoms with Gasteiger partial charge in [0.1, 0.15) is 6.10 Å². The normalized spacial score (nSPS) is 28.3. The van der Waals surface area contributed by atoms with Crippen molar-refractivity contribution in [3.8, 4) is 0 Å². The number of rotatable bonds is 1. The SMILES string of the molecule is CC(C)(C)C(=O)C1OC1(C)C. The molecule has 0 bridgehead atoms. The molecule has 1 fully saturated rings. The molecule has 1 heterocycles. The van der Waals surface area contributed by atoms with Gasteiger partial charge in [-0.25, -0.2) is 0 Å². The van der Waals surface area contributed by atoms with Gasteiger partial charge in [-0.1, -0.05) is 20.8 Å². The zero-order valence-corrected chi connectivity index (χ0v) is 7.89. The first-order chi connectivity index (χ1) is 4.75. The Kier molecular flexibility index (Phi) is 1.64. The van der Waals surface area contributed by atoms with Crippen LogP contribution < -0.4 is 0 Å². The highest BCUT2D eigenvalue weighted by Gasteiger charge is 2.55. The first kappa shape index (κ1) is 8.72. The highest BCUT2D eigenvalue weighted by atomic mass is 16.6. The van der Waals surface area contributed by atoms with Gasteiger partial charge in [0.05, 0.1) is 5.60 Å². The highest BCUT2D eigenvalue weighted by Crippen LogP contribution is 2.39. The Morgan fingerprint density at radius 2 is 1.73 bits per heavy atom. The largest absolute Gasteiger partial charge is 0.358 e. The minimum absolute atomic E-state index is 0.164. The molecule has 2 heteroatoms. The molecular formula is C9H16O2. The maximum absolute atomic E-state index is 11.5. The molecule has 1 aliphatic rings. The van der Waals surface area contributed by atoms with Gasteiger partial charge in [0.2, 0.25) is 0 Å². The van der Waals surface area contributed by atoms with Crippen molar-refractivity contribution in [2.24, 2.45) is 5.41 Å². The molecule has 0 radical (unpaired) electrons. The van der Waals surface area contributed by atoms with Crippen molar-refractivity contribution in [3.63, 3.8) is 0 Å². The molecule has 0 N–H and O–H groups in total. The van der Waals surface area contributed by atoms with Crippen molar-refractivity contribution in [1.82, 2.24) is 0 Å². The van der Waals surface area contributed by atoms with Crippen LogP contribution in [0.2, 0.25) is 0 Å². The van der Waals surface area contributed by atoms with Crippen molar-refractivity contribution in [1.29, 1.82) is 0 Å². The number of hydrogen-bond donors (Lipinski definition) is 0. The van der Waals surface area contributed by atoms with E-state index in [1.807, 2.05) is 34.6 Å². The lowest BCUT2D eigenvalue weighted by Crippen LogP contribution is -2.28. The average molecular weight is 156 g/mol. The van der Waals surface area contributed by atoms with Crippen molar-refractivity contribution in [2.75, 3.05) is 0 Å². The third-order valence-electron chi connectivity index (χ3n) is 1.97. The maximum atomic E-state index is 11.5. The van der Waals surface area contributed by atoms with Gasteiger partial charge in [-0.15, -0.1) is 0 Å². The third kappa shape index (κ3) is 1.62. The van der Waals surface area contributed by atoms with Crippen LogP contribution in [0.4, 0.5) is 0 Å². The minimum atomic E-state index is -0.265. The summed E-state index contributed by atoms with van der Waals surface area (Å²) < 4.78 is 5.24. The van der Waals surface area contributed by atoms with Crippen LogP contribution in [0.25, 0.3) is 0 Å². The number of carbonyl (C=O) groups is 1. The molecule has 2 nitrogen and oxygen atoms in total. The summed E-state index contributed by atoms with van der Waals surface area (Å²) in [5.41, 5.74) is -0.469. The first-order valence-corrected chi connectivity index (χ1v) is 3.97. The standard InChI is InChI=1S/C9H16O2/c1-8(2,3)6(10)7-9(4,5)11-7/h7H,1-5H3. The fraction of sp³-hybridized carbons (Fsp3) is 0.889. The molecule has 0 amide bonds. The molecule has 0 aromatic rings. The Hall–Kier alpha value is -0.370. The molecule has 0 spiro atoms. The summed E-state index contributed by atoms with van der Waals surface area (Å²) in [7, 11) is 0. The summed E-state index contributed by atoms with van der Waals surface area (Å²) in [6, 6.07) is 0. The quantitative estimate of drug-likeness (QED) is 0.541. The second-order valence-electron chi connectivity index (χ2n) is 4.72. The van der Waals surface area contributed by atoms with E-state index in [0.29, 0.717) is 0 Å². The smallest absolute Gasteiger partial charge is 0.169 e. The van der Waals surface area contributed by atoms with E-state index < -0.39 is 0 Å². The van der Waals surface area contributed by atoms with E-state index in [-0.39, 0.29) is 22.9 Å².